The molecule has 0 unspecified atom stereocenters. The molecule has 0 bridgehead atoms. The molecule has 10 heteroatoms. The molecule has 1 fully saturated rings. The molecule has 1 aliphatic rings. The van der Waals surface area contributed by atoms with Crippen LogP contribution in [0, 0.1) is 0 Å². The van der Waals surface area contributed by atoms with Crippen LogP contribution in [0.1, 0.15) is 5.56 Å². The van der Waals surface area contributed by atoms with E-state index in [4.69, 9.17) is 37.8 Å². The van der Waals surface area contributed by atoms with E-state index >= 15 is 0 Å². The summed E-state index contributed by atoms with van der Waals surface area (Å²) in [7, 11) is 0. The molecule has 2 amide bonds. The lowest BCUT2D eigenvalue weighted by molar-refractivity contribution is -0.139. The quantitative estimate of drug-likeness (QED) is 0.381. The van der Waals surface area contributed by atoms with Crippen molar-refractivity contribution in [3.63, 3.8) is 0 Å². The van der Waals surface area contributed by atoms with Crippen molar-refractivity contribution in [1.82, 2.24) is 4.90 Å². The van der Waals surface area contributed by atoms with Crippen molar-refractivity contribution in [2.75, 3.05) is 19.8 Å². The van der Waals surface area contributed by atoms with Gasteiger partial charge in [-0.25, -0.2) is 4.79 Å². The summed E-state index contributed by atoms with van der Waals surface area (Å²) >= 11 is 13.1. The van der Waals surface area contributed by atoms with Gasteiger partial charge >= 0.3 is 5.97 Å². The van der Waals surface area contributed by atoms with Crippen LogP contribution in [-0.2, 0) is 9.59 Å². The topological polar surface area (TPSA) is 93.1 Å². The van der Waals surface area contributed by atoms with Crippen LogP contribution in [0.4, 0.5) is 4.79 Å². The molecule has 34 heavy (non-hydrogen) atoms. The average molecular weight is 518 g/mol. The van der Waals surface area contributed by atoms with Gasteiger partial charge in [0.2, 0.25) is 0 Å². The third-order valence-electron chi connectivity index (χ3n) is 4.85. The molecule has 3 aromatic carbocycles. The molecule has 0 atom stereocenters. The molecule has 0 aromatic heterocycles. The molecule has 1 aliphatic heterocycles. The van der Waals surface area contributed by atoms with Gasteiger partial charge in [0.1, 0.15) is 12.4 Å². The first-order chi connectivity index (χ1) is 16.3. The molecule has 0 radical (unpaired) electrons. The van der Waals surface area contributed by atoms with Gasteiger partial charge in [0.05, 0.1) is 21.5 Å². The van der Waals surface area contributed by atoms with E-state index in [0.717, 1.165) is 27.4 Å². The molecule has 1 N–H and O–H groups in total. The highest BCUT2D eigenvalue weighted by Gasteiger charge is 2.35. The highest BCUT2D eigenvalue weighted by atomic mass is 35.5. The standard InChI is InChI=1S/C24H17Cl2NO6S/c25-17-10-14(11-18(26)22(17)33-13-21(28)29)12-20-23(30)27(24(31)34-20)8-9-32-19-7-3-5-15-4-1-2-6-16(15)19/h1-7,10-12H,8-9,13H2,(H,28,29)/b20-12-. The van der Waals surface area contributed by atoms with E-state index in [0.29, 0.717) is 11.3 Å². The van der Waals surface area contributed by atoms with Gasteiger partial charge < -0.3 is 14.6 Å². The summed E-state index contributed by atoms with van der Waals surface area (Å²) in [6.45, 7) is -0.361. The SMILES string of the molecule is O=C(O)COc1c(Cl)cc(/C=C2\SC(=O)N(CCOc3cccc4ccccc34)C2=O)cc1Cl. The van der Waals surface area contributed by atoms with Crippen molar-refractivity contribution in [2.45, 2.75) is 0 Å². The Kier molecular flexibility index (Phi) is 7.31. The van der Waals surface area contributed by atoms with Gasteiger partial charge in [0.25, 0.3) is 11.1 Å². The minimum Gasteiger partial charge on any atom is -0.491 e. The summed E-state index contributed by atoms with van der Waals surface area (Å²) in [4.78, 5) is 37.2. The molecule has 0 aliphatic carbocycles. The Balaban J connectivity index is 1.43. The Morgan fingerprint density at radius 1 is 1.03 bits per heavy atom. The number of fused-ring (bicyclic) bond motifs is 1. The molecular formula is C24H17Cl2NO6S. The first-order valence-electron chi connectivity index (χ1n) is 10.0. The molecule has 174 valence electrons. The third-order valence-corrected chi connectivity index (χ3v) is 6.32. The van der Waals surface area contributed by atoms with E-state index in [1.807, 2.05) is 42.5 Å². The molecule has 0 spiro atoms. The maximum absolute atomic E-state index is 12.8. The maximum Gasteiger partial charge on any atom is 0.341 e. The Morgan fingerprint density at radius 2 is 1.74 bits per heavy atom. The lowest BCUT2D eigenvalue weighted by Crippen LogP contribution is -2.32. The van der Waals surface area contributed by atoms with Crippen LogP contribution in [0.3, 0.4) is 0 Å². The predicted octanol–water partition coefficient (Wildman–Crippen LogP) is 5.73. The molecule has 7 nitrogen and oxygen atoms in total. The molecule has 0 saturated carbocycles. The predicted molar refractivity (Wildman–Crippen MR) is 132 cm³/mol. The molecule has 3 aromatic rings. The van der Waals surface area contributed by atoms with Crippen molar-refractivity contribution in [2.24, 2.45) is 0 Å². The van der Waals surface area contributed by atoms with Crippen LogP contribution in [-0.4, -0.2) is 46.9 Å². The fourth-order valence-corrected chi connectivity index (χ4v) is 4.83. The number of halogens is 2. The highest BCUT2D eigenvalue weighted by Crippen LogP contribution is 2.37. The van der Waals surface area contributed by atoms with E-state index in [1.165, 1.54) is 18.2 Å². The number of amides is 2. The zero-order chi connectivity index (χ0) is 24.2. The van der Waals surface area contributed by atoms with E-state index in [2.05, 4.69) is 0 Å². The number of nitrogens with zero attached hydrogens (tertiary/aromatic N) is 1. The van der Waals surface area contributed by atoms with Crippen LogP contribution in [0.25, 0.3) is 16.8 Å². The summed E-state index contributed by atoms with van der Waals surface area (Å²) < 4.78 is 10.9. The Bertz CT molecular complexity index is 1300. The number of carbonyl (C=O) groups excluding carboxylic acids is 2. The van der Waals surface area contributed by atoms with Crippen molar-refractivity contribution < 1.29 is 29.0 Å². The van der Waals surface area contributed by atoms with Gasteiger partial charge in [0, 0.05) is 5.39 Å². The second-order valence-electron chi connectivity index (χ2n) is 7.16. The number of benzene rings is 3. The smallest absolute Gasteiger partial charge is 0.341 e. The minimum absolute atomic E-state index is 0.0292. The summed E-state index contributed by atoms with van der Waals surface area (Å²) in [5.74, 6) is -0.916. The second-order valence-corrected chi connectivity index (χ2v) is 8.96. The lowest BCUT2D eigenvalue weighted by Gasteiger charge is -2.14. The number of carboxylic acids is 1. The fraction of sp³-hybridized carbons (Fsp3) is 0.125. The summed E-state index contributed by atoms with van der Waals surface area (Å²) in [6.07, 6.45) is 1.50. The normalized spacial score (nSPS) is 14.8. The monoisotopic (exact) mass is 517 g/mol. The highest BCUT2D eigenvalue weighted by molar-refractivity contribution is 8.18. The Hall–Kier alpha value is -3.20. The number of hydrogen-bond donors (Lipinski definition) is 1. The van der Waals surface area contributed by atoms with E-state index < -0.39 is 23.7 Å². The van der Waals surface area contributed by atoms with Crippen molar-refractivity contribution in [3.05, 3.63) is 75.1 Å². The summed E-state index contributed by atoms with van der Waals surface area (Å²) in [6, 6.07) is 16.4. The fourth-order valence-electron chi connectivity index (χ4n) is 3.35. The molecule has 1 saturated heterocycles. The second kappa shape index (κ2) is 10.4. The van der Waals surface area contributed by atoms with Crippen LogP contribution >= 0.6 is 35.0 Å². The van der Waals surface area contributed by atoms with E-state index in [-0.39, 0.29) is 33.9 Å². The van der Waals surface area contributed by atoms with Crippen LogP contribution in [0.15, 0.2) is 59.5 Å². The number of carboxylic acid groups (broad SMARTS) is 1. The van der Waals surface area contributed by atoms with Crippen molar-refractivity contribution >= 4 is 68.9 Å². The zero-order valence-electron chi connectivity index (χ0n) is 17.5. The van der Waals surface area contributed by atoms with E-state index in [9.17, 15) is 14.4 Å². The lowest BCUT2D eigenvalue weighted by atomic mass is 10.1. The van der Waals surface area contributed by atoms with Gasteiger partial charge in [-0.15, -0.1) is 0 Å². The summed E-state index contributed by atoms with van der Waals surface area (Å²) in [5.41, 5.74) is 0.468. The van der Waals surface area contributed by atoms with Gasteiger partial charge in [0.15, 0.2) is 12.4 Å². The van der Waals surface area contributed by atoms with Crippen molar-refractivity contribution in [3.8, 4) is 11.5 Å². The molecule has 1 heterocycles. The van der Waals surface area contributed by atoms with E-state index in [1.54, 1.807) is 0 Å². The summed E-state index contributed by atoms with van der Waals surface area (Å²) in [5, 5.41) is 10.5. The van der Waals surface area contributed by atoms with Gasteiger partial charge in [-0.1, -0.05) is 59.6 Å². The number of carbonyl (C=O) groups is 3. The largest absolute Gasteiger partial charge is 0.491 e. The number of imide groups is 1. The van der Waals surface area contributed by atoms with Crippen LogP contribution < -0.4 is 9.47 Å². The van der Waals surface area contributed by atoms with Crippen LogP contribution in [0.5, 0.6) is 11.5 Å². The number of ether oxygens (including phenoxy) is 2. The average Bonchev–Trinajstić information content (AvgIpc) is 3.05. The third kappa shape index (κ3) is 5.30. The van der Waals surface area contributed by atoms with Crippen LogP contribution in [0.2, 0.25) is 10.0 Å². The first kappa shape index (κ1) is 23.9. The molecular weight excluding hydrogens is 501 g/mol. The first-order valence-corrected chi connectivity index (χ1v) is 11.6. The van der Waals surface area contributed by atoms with Gasteiger partial charge in [-0.2, -0.15) is 0 Å². The Labute approximate surface area is 208 Å². The number of aliphatic carboxylic acids is 1. The minimum atomic E-state index is -1.17. The molecule has 4 rings (SSSR count). The zero-order valence-corrected chi connectivity index (χ0v) is 19.8. The Morgan fingerprint density at radius 3 is 2.47 bits per heavy atom. The number of rotatable bonds is 8. The number of thioether (sulfide) groups is 1. The van der Waals surface area contributed by atoms with Gasteiger partial charge in [-0.05, 0) is 47.0 Å². The maximum atomic E-state index is 12.8. The van der Waals surface area contributed by atoms with Crippen molar-refractivity contribution in [1.29, 1.82) is 0 Å². The van der Waals surface area contributed by atoms with Gasteiger partial charge in [-0.3, -0.25) is 14.5 Å². The number of hydrogen-bond acceptors (Lipinski definition) is 6.